The van der Waals surface area contributed by atoms with Gasteiger partial charge >= 0.3 is 0 Å². The Labute approximate surface area is 173 Å². The van der Waals surface area contributed by atoms with Crippen LogP contribution in [0.2, 0.25) is 0 Å². The highest BCUT2D eigenvalue weighted by Crippen LogP contribution is 2.22. The van der Waals surface area contributed by atoms with Crippen LogP contribution in [0.4, 0.5) is 0 Å². The normalized spacial score (nSPS) is 19.3. The Bertz CT molecular complexity index is 830. The minimum absolute atomic E-state index is 0.0463. The molecule has 0 spiro atoms. The topological polar surface area (TPSA) is 65.4 Å². The standard InChI is InChI=1S/C24H29N3O2/c1-18-11-19(2)15-27(14-18)16-22-5-3-21(4-6-22)13-26-24(28)17-29-23-9-7-20(12-25)8-10-23/h3-10,18-19H,11,13-17H2,1-2H3,(H,26,28). The molecular formula is C24H29N3O2. The van der Waals surface area contributed by atoms with Crippen LogP contribution in [0, 0.1) is 23.2 Å². The first-order valence-corrected chi connectivity index (χ1v) is 10.2. The van der Waals surface area contributed by atoms with Crippen LogP contribution in [0.15, 0.2) is 48.5 Å². The number of nitrogens with one attached hydrogen (secondary N) is 1. The number of nitrogens with zero attached hydrogens (tertiary/aromatic N) is 2. The average Bonchev–Trinajstić information content (AvgIpc) is 2.71. The van der Waals surface area contributed by atoms with Crippen LogP contribution in [0.1, 0.15) is 37.0 Å². The quantitative estimate of drug-likeness (QED) is 0.781. The van der Waals surface area contributed by atoms with Gasteiger partial charge in [-0.3, -0.25) is 9.69 Å². The smallest absolute Gasteiger partial charge is 0.258 e. The summed E-state index contributed by atoms with van der Waals surface area (Å²) in [6, 6.07) is 17.2. The van der Waals surface area contributed by atoms with Gasteiger partial charge in [-0.05, 0) is 53.6 Å². The van der Waals surface area contributed by atoms with Gasteiger partial charge in [-0.1, -0.05) is 38.1 Å². The molecule has 1 fully saturated rings. The van der Waals surface area contributed by atoms with Gasteiger partial charge in [-0.25, -0.2) is 0 Å². The Morgan fingerprint density at radius 3 is 2.31 bits per heavy atom. The molecule has 0 aromatic heterocycles. The molecule has 1 amide bonds. The van der Waals surface area contributed by atoms with E-state index in [2.05, 4.69) is 54.4 Å². The number of benzene rings is 2. The van der Waals surface area contributed by atoms with Crippen molar-refractivity contribution in [1.82, 2.24) is 10.2 Å². The van der Waals surface area contributed by atoms with Crippen LogP contribution < -0.4 is 10.1 Å². The highest BCUT2D eigenvalue weighted by Gasteiger charge is 2.21. The molecule has 0 saturated carbocycles. The molecule has 5 nitrogen and oxygen atoms in total. The molecule has 1 aliphatic heterocycles. The molecule has 1 aliphatic rings. The van der Waals surface area contributed by atoms with Gasteiger partial charge < -0.3 is 10.1 Å². The van der Waals surface area contributed by atoms with Crippen molar-refractivity contribution in [2.45, 2.75) is 33.4 Å². The predicted molar refractivity (Wildman–Crippen MR) is 113 cm³/mol. The van der Waals surface area contributed by atoms with Gasteiger partial charge in [-0.15, -0.1) is 0 Å². The SMILES string of the molecule is CC1CC(C)CN(Cc2ccc(CNC(=O)COc3ccc(C#N)cc3)cc2)C1. The first-order valence-electron chi connectivity index (χ1n) is 10.2. The highest BCUT2D eigenvalue weighted by atomic mass is 16.5. The second kappa shape index (κ2) is 10.1. The lowest BCUT2D eigenvalue weighted by molar-refractivity contribution is -0.123. The van der Waals surface area contributed by atoms with Gasteiger partial charge in [-0.2, -0.15) is 5.26 Å². The van der Waals surface area contributed by atoms with E-state index in [-0.39, 0.29) is 12.5 Å². The molecule has 1 saturated heterocycles. The van der Waals surface area contributed by atoms with Crippen LogP contribution >= 0.6 is 0 Å². The van der Waals surface area contributed by atoms with Crippen LogP contribution in [0.25, 0.3) is 0 Å². The lowest BCUT2D eigenvalue weighted by atomic mass is 9.91. The molecule has 0 bridgehead atoms. The molecule has 0 aliphatic carbocycles. The zero-order chi connectivity index (χ0) is 20.6. The molecule has 3 rings (SSSR count). The summed E-state index contributed by atoms with van der Waals surface area (Å²) in [6.45, 7) is 8.42. The number of ether oxygens (including phenoxy) is 1. The summed E-state index contributed by atoms with van der Waals surface area (Å²) < 4.78 is 5.45. The van der Waals surface area contributed by atoms with Gasteiger partial charge in [0.15, 0.2) is 6.61 Å². The largest absolute Gasteiger partial charge is 0.484 e. The summed E-state index contributed by atoms with van der Waals surface area (Å²) in [7, 11) is 0. The summed E-state index contributed by atoms with van der Waals surface area (Å²) in [5, 5.41) is 11.7. The van der Waals surface area contributed by atoms with Crippen molar-refractivity contribution in [3.8, 4) is 11.8 Å². The van der Waals surface area contributed by atoms with Crippen LogP contribution in [-0.4, -0.2) is 30.5 Å². The van der Waals surface area contributed by atoms with Crippen molar-refractivity contribution in [1.29, 1.82) is 5.26 Å². The zero-order valence-corrected chi connectivity index (χ0v) is 17.2. The number of hydrogen-bond acceptors (Lipinski definition) is 4. The maximum Gasteiger partial charge on any atom is 0.258 e. The molecule has 2 aromatic carbocycles. The van der Waals surface area contributed by atoms with Crippen molar-refractivity contribution in [3.63, 3.8) is 0 Å². The molecule has 5 heteroatoms. The van der Waals surface area contributed by atoms with E-state index in [0.29, 0.717) is 17.9 Å². The first-order chi connectivity index (χ1) is 14.0. The van der Waals surface area contributed by atoms with E-state index in [4.69, 9.17) is 10.00 Å². The Hall–Kier alpha value is -2.84. The molecular weight excluding hydrogens is 362 g/mol. The number of hydrogen-bond donors (Lipinski definition) is 1. The molecule has 2 aromatic rings. The maximum atomic E-state index is 12.0. The summed E-state index contributed by atoms with van der Waals surface area (Å²) >= 11 is 0. The molecule has 152 valence electrons. The van der Waals surface area contributed by atoms with Crippen LogP contribution in [0.3, 0.4) is 0 Å². The fraction of sp³-hybridized carbons (Fsp3) is 0.417. The number of carbonyl (C=O) groups excluding carboxylic acids is 1. The van der Waals surface area contributed by atoms with E-state index in [1.54, 1.807) is 24.3 Å². The van der Waals surface area contributed by atoms with Gasteiger partial charge in [0.25, 0.3) is 5.91 Å². The van der Waals surface area contributed by atoms with Crippen molar-refractivity contribution >= 4 is 5.91 Å². The van der Waals surface area contributed by atoms with E-state index >= 15 is 0 Å². The lowest BCUT2D eigenvalue weighted by Gasteiger charge is -2.35. The Kier molecular flexibility index (Phi) is 7.26. The third-order valence-electron chi connectivity index (χ3n) is 5.22. The van der Waals surface area contributed by atoms with Gasteiger partial charge in [0.1, 0.15) is 5.75 Å². The Morgan fingerprint density at radius 1 is 1.07 bits per heavy atom. The molecule has 0 radical (unpaired) electrons. The van der Waals surface area contributed by atoms with E-state index < -0.39 is 0 Å². The highest BCUT2D eigenvalue weighted by molar-refractivity contribution is 5.77. The Morgan fingerprint density at radius 2 is 1.69 bits per heavy atom. The minimum atomic E-state index is -0.172. The van der Waals surface area contributed by atoms with Crippen LogP contribution in [0.5, 0.6) is 5.75 Å². The van der Waals surface area contributed by atoms with Crippen molar-refractivity contribution in [3.05, 3.63) is 65.2 Å². The third-order valence-corrected chi connectivity index (χ3v) is 5.22. The summed E-state index contributed by atoms with van der Waals surface area (Å²) in [5.41, 5.74) is 2.95. The fourth-order valence-electron chi connectivity index (χ4n) is 3.97. The second-order valence-electron chi connectivity index (χ2n) is 8.16. The van der Waals surface area contributed by atoms with Gasteiger partial charge in [0, 0.05) is 26.2 Å². The number of likely N-dealkylation sites (tertiary alicyclic amines) is 1. The number of piperidine rings is 1. The minimum Gasteiger partial charge on any atom is -0.484 e. The summed E-state index contributed by atoms with van der Waals surface area (Å²) in [6.07, 6.45) is 1.32. The predicted octanol–water partition coefficient (Wildman–Crippen LogP) is 3.73. The number of amides is 1. The van der Waals surface area contributed by atoms with E-state index in [1.165, 1.54) is 25.1 Å². The van der Waals surface area contributed by atoms with Crippen molar-refractivity contribution in [2.75, 3.05) is 19.7 Å². The molecule has 2 unspecified atom stereocenters. The van der Waals surface area contributed by atoms with Crippen molar-refractivity contribution < 1.29 is 9.53 Å². The number of rotatable bonds is 7. The average molecular weight is 392 g/mol. The summed E-state index contributed by atoms with van der Waals surface area (Å²) in [4.78, 5) is 14.5. The third kappa shape index (κ3) is 6.62. The number of carbonyl (C=O) groups is 1. The second-order valence-corrected chi connectivity index (χ2v) is 8.16. The molecule has 29 heavy (non-hydrogen) atoms. The van der Waals surface area contributed by atoms with E-state index in [0.717, 1.165) is 23.9 Å². The lowest BCUT2D eigenvalue weighted by Crippen LogP contribution is -2.38. The fourth-order valence-corrected chi connectivity index (χ4v) is 3.97. The Balaban J connectivity index is 1.41. The molecule has 1 heterocycles. The van der Waals surface area contributed by atoms with Gasteiger partial charge in [0.2, 0.25) is 0 Å². The van der Waals surface area contributed by atoms with Crippen LogP contribution in [-0.2, 0) is 17.9 Å². The maximum absolute atomic E-state index is 12.0. The number of nitriles is 1. The zero-order valence-electron chi connectivity index (χ0n) is 17.2. The van der Waals surface area contributed by atoms with Crippen molar-refractivity contribution in [2.24, 2.45) is 11.8 Å². The first kappa shape index (κ1) is 20.9. The van der Waals surface area contributed by atoms with E-state index in [1.807, 2.05) is 0 Å². The molecule has 2 atom stereocenters. The molecule has 1 N–H and O–H groups in total. The summed E-state index contributed by atoms with van der Waals surface area (Å²) in [5.74, 6) is 1.93. The van der Waals surface area contributed by atoms with E-state index in [9.17, 15) is 4.79 Å². The van der Waals surface area contributed by atoms with Gasteiger partial charge in [0.05, 0.1) is 11.6 Å². The monoisotopic (exact) mass is 391 g/mol.